The number of nitroso groups, excluding NO2 is 2. The van der Waals surface area contributed by atoms with E-state index in [0.717, 1.165) is 0 Å². The van der Waals surface area contributed by atoms with E-state index in [4.69, 9.17) is 20.3 Å². The van der Waals surface area contributed by atoms with Gasteiger partial charge in [0.15, 0.2) is 0 Å². The Bertz CT molecular complexity index is 7.51. The highest BCUT2D eigenvalue weighted by molar-refractivity contribution is 3.64. The van der Waals surface area contributed by atoms with Crippen LogP contribution in [-0.2, 0) is 0 Å². The van der Waals surface area contributed by atoms with Crippen molar-refractivity contribution in [3.8, 4) is 0 Å². The van der Waals surface area contributed by atoms with Gasteiger partial charge in [-0.1, -0.05) is 11.2 Å². The third-order valence-electron chi connectivity index (χ3n) is 0. The molecule has 6 heteroatoms. The second kappa shape index (κ2) is 51.8. The second-order valence-electron chi connectivity index (χ2n) is 0. The van der Waals surface area contributed by atoms with Crippen LogP contribution in [0.1, 0.15) is 0 Å². The average molecular weight is 96.0 g/mol. The van der Waals surface area contributed by atoms with Gasteiger partial charge in [0.1, 0.15) is 0 Å². The average Bonchev–Trinajstić information content (AvgIpc) is 1.81. The largest absolute Gasteiger partial charge is 0.255 e. The summed E-state index contributed by atoms with van der Waals surface area (Å²) in [6, 6.07) is 0. The Balaban J connectivity index is -0.0000000225. The van der Waals surface area contributed by atoms with E-state index in [1.807, 2.05) is 0 Å². The Kier molecular flexibility index (Phi) is 167. The van der Waals surface area contributed by atoms with Crippen molar-refractivity contribution in [3.63, 3.8) is 0 Å². The van der Waals surface area contributed by atoms with Crippen molar-refractivity contribution < 1.29 is 10.5 Å². The lowest BCUT2D eigenvalue weighted by Crippen LogP contribution is -1.29. The van der Waals surface area contributed by atoms with Crippen LogP contribution in [0.4, 0.5) is 0 Å². The summed E-state index contributed by atoms with van der Waals surface area (Å²) in [5, 5.41) is 12.0. The van der Waals surface area contributed by atoms with Gasteiger partial charge < -0.3 is 0 Å². The summed E-state index contributed by atoms with van der Waals surface area (Å²) in [5.41, 5.74) is 9.00. The predicted octanol–water partition coefficient (Wildman–Crippen LogP) is 0.681. The maximum absolute atomic E-state index is 7.50. The lowest BCUT2D eigenvalue weighted by Gasteiger charge is -1.25. The van der Waals surface area contributed by atoms with E-state index >= 15 is 0 Å². The van der Waals surface area contributed by atoms with Gasteiger partial charge in [0, 0.05) is 0 Å². The Morgan fingerprint density at radius 1 is 0.833 bits per heavy atom. The minimum absolute atomic E-state index is 4.50. The van der Waals surface area contributed by atoms with Crippen LogP contribution in [0, 0.1) is 21.0 Å². The zero-order chi connectivity index (χ0) is 6.00. The summed E-state index contributed by atoms with van der Waals surface area (Å²) in [6.07, 6.45) is 0. The van der Waals surface area contributed by atoms with Gasteiger partial charge in [-0.2, -0.15) is 9.81 Å². The molecule has 38 valence electrons. The number of nitrogens with one attached hydrogen (secondary N) is 2. The molecule has 0 radical (unpaired) electrons. The van der Waals surface area contributed by atoms with Crippen molar-refractivity contribution in [2.45, 2.75) is 0 Å². The van der Waals surface area contributed by atoms with Crippen LogP contribution in [-0.4, -0.2) is 10.5 Å². The highest BCUT2D eigenvalue weighted by Crippen LogP contribution is 0.768. The molecule has 0 saturated carbocycles. The van der Waals surface area contributed by atoms with Crippen LogP contribution in [0.3, 0.4) is 0 Å². The summed E-state index contributed by atoms with van der Waals surface area (Å²) in [4.78, 5) is 15.0. The third-order valence-corrected chi connectivity index (χ3v) is 0. The molecular weight excluding hydrogens is 92.0 g/mol. The Labute approximate surface area is 32.9 Å². The van der Waals surface area contributed by atoms with Crippen molar-refractivity contribution in [3.05, 3.63) is 9.81 Å². The molecule has 0 amide bonds. The molecule has 0 aliphatic rings. The van der Waals surface area contributed by atoms with Crippen molar-refractivity contribution in [2.75, 3.05) is 0 Å². The van der Waals surface area contributed by atoms with Crippen LogP contribution in [0.2, 0.25) is 0 Å². The zero-order valence-corrected chi connectivity index (χ0v) is 2.71. The van der Waals surface area contributed by atoms with Gasteiger partial charge in [-0.05, 0) is 0 Å². The lowest BCUT2D eigenvalue weighted by atomic mass is 13.8. The Morgan fingerprint density at radius 3 is 0.833 bits per heavy atom. The summed E-state index contributed by atoms with van der Waals surface area (Å²) in [5.74, 6) is 0. The lowest BCUT2D eigenvalue weighted by molar-refractivity contribution is -0.176. The highest BCUT2D eigenvalue weighted by Gasteiger charge is 0.745. The Hall–Kier alpha value is -0.880. The van der Waals surface area contributed by atoms with E-state index in [1.54, 1.807) is 0 Å². The van der Waals surface area contributed by atoms with Crippen LogP contribution >= 0.6 is 0 Å². The molecule has 0 aliphatic heterocycles. The molecule has 0 aromatic rings. The second-order valence-corrected chi connectivity index (χ2v) is 0. The van der Waals surface area contributed by atoms with E-state index in [1.165, 1.54) is 0 Å². The fourth-order valence-corrected chi connectivity index (χ4v) is 0. The first-order chi connectivity index (χ1) is 3.00. The minimum atomic E-state index is 4.50. The normalized spacial score (nSPS) is 2.33. The van der Waals surface area contributed by atoms with Crippen LogP contribution in [0.5, 0.6) is 0 Å². The van der Waals surface area contributed by atoms with E-state index in [9.17, 15) is 0 Å². The summed E-state index contributed by atoms with van der Waals surface area (Å²) in [7, 11) is 0. The summed E-state index contributed by atoms with van der Waals surface area (Å²) < 4.78 is 0. The van der Waals surface area contributed by atoms with Gasteiger partial charge in [0.05, 0.1) is 0 Å². The number of hydrogen-bond acceptors (Lipinski definition) is 6. The van der Waals surface area contributed by atoms with Gasteiger partial charge in [-0.3, -0.25) is 10.5 Å². The first kappa shape index (κ1) is 19.3. The summed E-state index contributed by atoms with van der Waals surface area (Å²) in [6.45, 7) is 0. The zero-order valence-electron chi connectivity index (χ0n) is 2.71. The van der Waals surface area contributed by atoms with Crippen molar-refractivity contribution >= 4 is 0 Å². The first-order valence-corrected chi connectivity index (χ1v) is 0.608. The maximum Gasteiger partial charge on any atom is -0.0850 e. The molecular formula is H4N2O4. The molecule has 4 N–H and O–H groups in total. The molecule has 0 fully saturated rings. The molecule has 0 rings (SSSR count). The fraction of sp³-hybridized carbons (Fsp3) is 0. The number of hydrogen-bond donors (Lipinski definition) is 4. The molecule has 0 spiro atoms. The van der Waals surface area contributed by atoms with Crippen LogP contribution < -0.4 is 0 Å². The monoisotopic (exact) mass is 96.0 g/mol. The molecule has 0 aliphatic carbocycles. The maximum atomic E-state index is 7.50. The van der Waals surface area contributed by atoms with Crippen LogP contribution in [0.15, 0.2) is 0 Å². The topological polar surface area (TPSA) is 122 Å². The molecule has 0 heterocycles. The molecule has 6 heavy (non-hydrogen) atoms. The standard InChI is InChI=1S/2HNO.H2O2/c3*1-2/h2*1H;1-2H. The van der Waals surface area contributed by atoms with Gasteiger partial charge >= 0.3 is 0 Å². The van der Waals surface area contributed by atoms with Crippen LogP contribution in [0.25, 0.3) is 0 Å². The van der Waals surface area contributed by atoms with E-state index in [0.29, 0.717) is 0 Å². The SMILES string of the molecule is N=O.N=O.OO. The molecule has 6 nitrogen and oxygen atoms in total. The van der Waals surface area contributed by atoms with Crippen molar-refractivity contribution in [2.24, 2.45) is 0 Å². The third kappa shape index (κ3) is 18.1. The van der Waals surface area contributed by atoms with E-state index < -0.39 is 0 Å². The Morgan fingerprint density at radius 2 is 0.833 bits per heavy atom. The van der Waals surface area contributed by atoms with E-state index in [-0.39, 0.29) is 0 Å². The van der Waals surface area contributed by atoms with Crippen molar-refractivity contribution in [1.29, 1.82) is 11.2 Å². The number of rotatable bonds is 0. The highest BCUT2D eigenvalue weighted by atomic mass is 17.0. The smallest absolute Gasteiger partial charge is 0.0850 e. The van der Waals surface area contributed by atoms with Crippen molar-refractivity contribution in [1.82, 2.24) is 0 Å². The fourth-order valence-electron chi connectivity index (χ4n) is 0. The van der Waals surface area contributed by atoms with Gasteiger partial charge in [0.25, 0.3) is 0 Å². The molecule has 0 unspecified atom stereocenters. The molecule has 0 bridgehead atoms. The molecule has 0 atom stereocenters. The van der Waals surface area contributed by atoms with Gasteiger partial charge in [0.2, 0.25) is 0 Å². The van der Waals surface area contributed by atoms with Gasteiger partial charge in [-0.25, -0.2) is 0 Å². The predicted molar refractivity (Wildman–Crippen MR) is 17.4 cm³/mol. The molecule has 0 saturated heterocycles. The first-order valence-electron chi connectivity index (χ1n) is 0.608. The van der Waals surface area contributed by atoms with Gasteiger partial charge in [-0.15, -0.1) is 0 Å². The summed E-state index contributed by atoms with van der Waals surface area (Å²) >= 11 is 0. The minimum Gasteiger partial charge on any atom is -0.255 e. The molecule has 0 aromatic heterocycles. The quantitative estimate of drug-likeness (QED) is 0.201. The molecule has 0 aromatic carbocycles. The van der Waals surface area contributed by atoms with E-state index in [2.05, 4.69) is 11.2 Å².